The van der Waals surface area contributed by atoms with Crippen LogP contribution in [0.5, 0.6) is 0 Å². The first-order valence-corrected chi connectivity index (χ1v) is 25.2. The van der Waals surface area contributed by atoms with Crippen molar-refractivity contribution < 1.29 is 9.59 Å². The molecule has 8 rings (SSSR count). The average molecular weight is 910 g/mol. The third kappa shape index (κ3) is 11.8. The number of nitrogens with one attached hydrogen (secondary N) is 4. The number of allylic oxidation sites excluding steroid dienone is 2. The van der Waals surface area contributed by atoms with Crippen LogP contribution in [0.1, 0.15) is 22.3 Å². The van der Waals surface area contributed by atoms with E-state index in [9.17, 15) is 9.59 Å². The third-order valence-corrected chi connectivity index (χ3v) is 9.15. The molecule has 0 saturated heterocycles. The van der Waals surface area contributed by atoms with Crippen LogP contribution in [-0.4, -0.2) is 54.6 Å². The fourth-order valence-corrected chi connectivity index (χ4v) is 6.51. The van der Waals surface area contributed by atoms with E-state index in [4.69, 9.17) is 11.5 Å². The van der Waals surface area contributed by atoms with E-state index in [0.717, 1.165) is 66.6 Å². The van der Waals surface area contributed by atoms with Gasteiger partial charge >= 0.3 is 43.1 Å². The van der Waals surface area contributed by atoms with E-state index >= 15 is 0 Å². The zero-order chi connectivity index (χ0) is 42.8. The van der Waals surface area contributed by atoms with Gasteiger partial charge in [0.1, 0.15) is 0 Å². The number of fused-ring (bicyclic) bond motifs is 2. The Morgan fingerprint density at radius 1 is 0.492 bits per heavy atom. The molecule has 2 heterocycles. The zero-order valence-corrected chi connectivity index (χ0v) is 36.7. The SMILES string of the molecule is NC(=O)N/N=C(/C=C/c1c(-c2ccccc2)[nH]c2ccccc12)c1ccccc1.NC(=O)N/N=C(\C=C\c1c(-c2ccccc2)[nH]c2ccccc12)c1ccccc1.[CH3][Sn][CH3]. The molecule has 302 valence electrons. The molecule has 0 atom stereocenters. The number of primary amides is 2. The molecule has 2 radical (unpaired) electrons. The van der Waals surface area contributed by atoms with E-state index in [-0.39, 0.29) is 21.1 Å². The Kier molecular flexibility index (Phi) is 15.6. The third-order valence-electron chi connectivity index (χ3n) is 9.15. The molecule has 61 heavy (non-hydrogen) atoms. The Bertz CT molecular complexity index is 2600. The molecule has 0 fully saturated rings. The van der Waals surface area contributed by atoms with Gasteiger partial charge in [0.15, 0.2) is 0 Å². The van der Waals surface area contributed by atoms with Gasteiger partial charge in [-0.2, -0.15) is 10.2 Å². The summed E-state index contributed by atoms with van der Waals surface area (Å²) in [5.41, 5.74) is 26.5. The summed E-state index contributed by atoms with van der Waals surface area (Å²) in [6.07, 6.45) is 7.78. The van der Waals surface area contributed by atoms with E-state index in [1.165, 1.54) is 0 Å². The van der Waals surface area contributed by atoms with Crippen molar-refractivity contribution in [3.63, 3.8) is 0 Å². The number of nitrogens with two attached hydrogens (primary N) is 2. The van der Waals surface area contributed by atoms with Crippen molar-refractivity contribution in [2.45, 2.75) is 9.88 Å². The summed E-state index contributed by atoms with van der Waals surface area (Å²) in [5, 5.41) is 10.6. The summed E-state index contributed by atoms with van der Waals surface area (Å²) >= 11 is 0.230. The molecule has 0 aliphatic heterocycles. The van der Waals surface area contributed by atoms with Crippen molar-refractivity contribution in [2.24, 2.45) is 21.7 Å². The van der Waals surface area contributed by atoms with Gasteiger partial charge in [0.25, 0.3) is 0 Å². The number of nitrogens with zero attached hydrogens (tertiary/aromatic N) is 2. The number of hydrogen-bond donors (Lipinski definition) is 6. The van der Waals surface area contributed by atoms with Crippen LogP contribution in [0.3, 0.4) is 0 Å². The molecule has 4 amide bonds. The van der Waals surface area contributed by atoms with E-state index in [1.54, 1.807) is 0 Å². The molecule has 0 aliphatic carbocycles. The van der Waals surface area contributed by atoms with Gasteiger partial charge in [-0.25, -0.2) is 20.4 Å². The number of para-hydroxylation sites is 2. The molecular formula is C50H46N8O2Sn. The molecule has 0 aliphatic rings. The zero-order valence-electron chi connectivity index (χ0n) is 33.8. The number of carbonyl (C=O) groups excluding carboxylic acids is 2. The number of aromatic amines is 2. The molecule has 8 N–H and O–H groups in total. The molecule has 6 aromatic carbocycles. The van der Waals surface area contributed by atoms with E-state index in [2.05, 4.69) is 89.4 Å². The van der Waals surface area contributed by atoms with Crippen molar-refractivity contribution in [1.82, 2.24) is 20.8 Å². The van der Waals surface area contributed by atoms with Gasteiger partial charge in [0, 0.05) is 44.1 Å². The number of hydrogen-bond acceptors (Lipinski definition) is 4. The second-order valence-electron chi connectivity index (χ2n) is 13.5. The topological polar surface area (TPSA) is 167 Å². The fraction of sp³-hybridized carbons (Fsp3) is 0.0400. The minimum atomic E-state index is -0.705. The second-order valence-corrected chi connectivity index (χ2v) is 16.3. The molecule has 10 nitrogen and oxygen atoms in total. The van der Waals surface area contributed by atoms with Gasteiger partial charge in [0.05, 0.1) is 22.8 Å². The molecule has 0 saturated carbocycles. The van der Waals surface area contributed by atoms with Crippen molar-refractivity contribution in [3.8, 4) is 22.5 Å². The second kappa shape index (κ2) is 22.1. The summed E-state index contributed by atoms with van der Waals surface area (Å²) in [6, 6.07) is 54.5. The minimum absolute atomic E-state index is 0.230. The van der Waals surface area contributed by atoms with Crippen LogP contribution in [0, 0.1) is 0 Å². The van der Waals surface area contributed by atoms with E-state index in [1.807, 2.05) is 146 Å². The van der Waals surface area contributed by atoms with Crippen molar-refractivity contribution in [3.05, 3.63) is 204 Å². The van der Waals surface area contributed by atoms with Crippen LogP contribution < -0.4 is 22.3 Å². The van der Waals surface area contributed by atoms with Gasteiger partial charge in [-0.1, -0.05) is 158 Å². The van der Waals surface area contributed by atoms with Gasteiger partial charge in [-0.3, -0.25) is 0 Å². The van der Waals surface area contributed by atoms with Crippen LogP contribution in [0.15, 0.2) is 192 Å². The summed E-state index contributed by atoms with van der Waals surface area (Å²) in [4.78, 5) is 33.9. The molecule has 8 aromatic rings. The van der Waals surface area contributed by atoms with Crippen LogP contribution in [0.4, 0.5) is 9.59 Å². The summed E-state index contributed by atoms with van der Waals surface area (Å²) < 4.78 is 0. The van der Waals surface area contributed by atoms with E-state index in [0.29, 0.717) is 11.4 Å². The molecule has 0 spiro atoms. The Balaban J connectivity index is 0.000000192. The monoisotopic (exact) mass is 910 g/mol. The van der Waals surface area contributed by atoms with Crippen molar-refractivity contribution >= 4 is 78.6 Å². The summed E-state index contributed by atoms with van der Waals surface area (Å²) in [6.45, 7) is 0. The van der Waals surface area contributed by atoms with E-state index < -0.39 is 12.1 Å². The van der Waals surface area contributed by atoms with Gasteiger partial charge < -0.3 is 21.4 Å². The van der Waals surface area contributed by atoms with Crippen LogP contribution in [-0.2, 0) is 0 Å². The average Bonchev–Trinajstić information content (AvgIpc) is 3.86. The number of H-pyrrole nitrogens is 2. The Morgan fingerprint density at radius 2 is 0.803 bits per heavy atom. The predicted octanol–water partition coefficient (Wildman–Crippen LogP) is 10.6. The molecule has 11 heteroatoms. The first kappa shape index (κ1) is 43.1. The summed E-state index contributed by atoms with van der Waals surface area (Å²) in [7, 11) is 0. The first-order valence-electron chi connectivity index (χ1n) is 19.5. The Hall–Kier alpha value is -7.44. The van der Waals surface area contributed by atoms with Crippen LogP contribution >= 0.6 is 0 Å². The van der Waals surface area contributed by atoms with Crippen molar-refractivity contribution in [2.75, 3.05) is 0 Å². The van der Waals surface area contributed by atoms with Crippen molar-refractivity contribution in [1.29, 1.82) is 0 Å². The maximum absolute atomic E-state index is 11.2. The quantitative estimate of drug-likeness (QED) is 0.0457. The number of benzene rings is 6. The van der Waals surface area contributed by atoms with Gasteiger partial charge in [-0.05, 0) is 47.6 Å². The predicted molar refractivity (Wildman–Crippen MR) is 254 cm³/mol. The van der Waals surface area contributed by atoms with Crippen LogP contribution in [0.2, 0.25) is 9.88 Å². The van der Waals surface area contributed by atoms with Gasteiger partial charge in [-0.15, -0.1) is 0 Å². The Morgan fingerprint density at radius 3 is 1.15 bits per heavy atom. The number of urea groups is 2. The molecule has 0 unspecified atom stereocenters. The molecule has 2 aromatic heterocycles. The Labute approximate surface area is 365 Å². The first-order chi connectivity index (χ1) is 29.9. The summed E-state index contributed by atoms with van der Waals surface area (Å²) in [5.74, 6) is 0. The number of hydrazone groups is 2. The number of amides is 4. The molecular weight excluding hydrogens is 863 g/mol. The molecule has 0 bridgehead atoms. The van der Waals surface area contributed by atoms with Gasteiger partial charge in [0.2, 0.25) is 0 Å². The maximum atomic E-state index is 11.2. The standard InChI is InChI=1S/2C24H20N4O.2CH3.Sn/c2*25-24(29)28-27-21(17-9-3-1-4-10-17)16-15-20-19-13-7-8-14-22(19)26-23(20)18-11-5-2-6-12-18;;;/h2*1-16,26H,(H3,25,28,29);2*1H3;/b16-15+,27-21+;16-15+,27-21-;;;. The number of rotatable bonds is 10. The normalized spacial score (nSPS) is 11.5. The van der Waals surface area contributed by atoms with Crippen LogP contribution in [0.25, 0.3) is 56.5 Å². The number of aromatic nitrogens is 2. The number of carbonyl (C=O) groups is 2. The fourth-order valence-electron chi connectivity index (χ4n) is 6.51.